The fraction of sp³-hybridized carbons (Fsp3) is 0.607. The van der Waals surface area contributed by atoms with E-state index in [9.17, 15) is 4.79 Å². The summed E-state index contributed by atoms with van der Waals surface area (Å²) < 4.78 is 17.5. The second kappa shape index (κ2) is 12.8. The van der Waals surface area contributed by atoms with Gasteiger partial charge in [0.15, 0.2) is 0 Å². The molecule has 2 saturated carbocycles. The summed E-state index contributed by atoms with van der Waals surface area (Å²) >= 11 is 0. The molecular formula is C28H40O4. The number of ether oxygens (including phenoxy) is 3. The molecule has 0 bridgehead atoms. The lowest BCUT2D eigenvalue weighted by molar-refractivity contribution is 0.000885. The van der Waals surface area contributed by atoms with Crippen molar-refractivity contribution in [2.75, 3.05) is 13.2 Å². The van der Waals surface area contributed by atoms with Gasteiger partial charge >= 0.3 is 5.97 Å². The Hall–Kier alpha value is -2.07. The van der Waals surface area contributed by atoms with Gasteiger partial charge in [-0.1, -0.05) is 32.1 Å². The summed E-state index contributed by atoms with van der Waals surface area (Å²) in [6.45, 7) is 10.7. The summed E-state index contributed by atoms with van der Waals surface area (Å²) in [6.07, 6.45) is 15.0. The highest BCUT2D eigenvalue weighted by Crippen LogP contribution is 2.39. The normalized spacial score (nSPS) is 25.7. The molecule has 1 aromatic rings. The molecule has 2 fully saturated rings. The minimum absolute atomic E-state index is 0.0392. The van der Waals surface area contributed by atoms with Crippen molar-refractivity contribution < 1.29 is 19.0 Å². The van der Waals surface area contributed by atoms with E-state index < -0.39 is 0 Å². The van der Waals surface area contributed by atoms with Crippen molar-refractivity contribution in [2.24, 2.45) is 11.8 Å². The Kier molecular flexibility index (Phi) is 9.86. The summed E-state index contributed by atoms with van der Waals surface area (Å²) in [5.74, 6) is 2.19. The predicted octanol–water partition coefficient (Wildman–Crippen LogP) is 6.68. The van der Waals surface area contributed by atoms with Crippen molar-refractivity contribution in [3.05, 3.63) is 54.6 Å². The maximum atomic E-state index is 12.8. The molecule has 0 spiro atoms. The Labute approximate surface area is 194 Å². The van der Waals surface area contributed by atoms with Crippen LogP contribution in [-0.4, -0.2) is 31.4 Å². The first-order valence-corrected chi connectivity index (χ1v) is 12.4. The molecule has 176 valence electrons. The second-order valence-electron chi connectivity index (χ2n) is 9.27. The number of aryl methyl sites for hydroxylation is 1. The van der Waals surface area contributed by atoms with Gasteiger partial charge in [-0.05, 0) is 93.4 Å². The van der Waals surface area contributed by atoms with Gasteiger partial charge in [-0.15, -0.1) is 6.58 Å². The van der Waals surface area contributed by atoms with Gasteiger partial charge in [0.25, 0.3) is 0 Å². The topological polar surface area (TPSA) is 44.8 Å². The number of hydrogen-bond acceptors (Lipinski definition) is 4. The fourth-order valence-corrected chi connectivity index (χ4v) is 5.29. The largest absolute Gasteiger partial charge is 0.489 e. The van der Waals surface area contributed by atoms with Gasteiger partial charge in [-0.25, -0.2) is 4.79 Å². The fourth-order valence-electron chi connectivity index (χ4n) is 5.29. The van der Waals surface area contributed by atoms with Crippen LogP contribution in [-0.2, 0) is 15.9 Å². The van der Waals surface area contributed by atoms with Crippen molar-refractivity contribution in [3.8, 4) is 5.75 Å². The molecule has 0 aliphatic heterocycles. The molecule has 4 nitrogen and oxygen atoms in total. The van der Waals surface area contributed by atoms with Crippen molar-refractivity contribution in [1.29, 1.82) is 0 Å². The van der Waals surface area contributed by atoms with E-state index in [2.05, 4.69) is 20.1 Å². The minimum atomic E-state index is -0.207. The Morgan fingerprint density at radius 2 is 1.56 bits per heavy atom. The molecule has 3 rings (SSSR count). The van der Waals surface area contributed by atoms with E-state index in [1.807, 2.05) is 24.3 Å². The van der Waals surface area contributed by atoms with Crippen LogP contribution in [0, 0.1) is 11.8 Å². The molecule has 2 aliphatic carbocycles. The average Bonchev–Trinajstić information content (AvgIpc) is 2.83. The number of rotatable bonds is 11. The van der Waals surface area contributed by atoms with Gasteiger partial charge in [0.1, 0.15) is 18.5 Å². The van der Waals surface area contributed by atoms with Crippen molar-refractivity contribution in [3.63, 3.8) is 0 Å². The number of carbonyl (C=O) groups is 1. The summed E-state index contributed by atoms with van der Waals surface area (Å²) in [5.41, 5.74) is 1.68. The predicted molar refractivity (Wildman–Crippen MR) is 129 cm³/mol. The van der Waals surface area contributed by atoms with Crippen LogP contribution in [0.4, 0.5) is 0 Å². The number of hydrogen-bond donors (Lipinski definition) is 0. The summed E-state index contributed by atoms with van der Waals surface area (Å²) in [7, 11) is 0. The van der Waals surface area contributed by atoms with Crippen LogP contribution < -0.4 is 4.74 Å². The van der Waals surface area contributed by atoms with Gasteiger partial charge < -0.3 is 14.2 Å². The first kappa shape index (κ1) is 24.6. The van der Waals surface area contributed by atoms with Crippen LogP contribution in [0.25, 0.3) is 0 Å². The Morgan fingerprint density at radius 3 is 2.16 bits per heavy atom. The van der Waals surface area contributed by atoms with Gasteiger partial charge in [0.2, 0.25) is 0 Å². The standard InChI is InChI=1S/C28H40O4/c1-4-7-23-20-24(12-17-27(23)31-19-6-3)28(29)32-26-15-10-22(11-16-26)21-8-13-25(14-9-21)30-18-5-2/h5-6,12,17,20-22,25-26H,2-4,7-11,13-16,18-19H2,1H3. The molecule has 0 aromatic heterocycles. The molecule has 0 unspecified atom stereocenters. The van der Waals surface area contributed by atoms with E-state index in [0.717, 1.165) is 61.7 Å². The third-order valence-corrected chi connectivity index (χ3v) is 7.00. The SMILES string of the molecule is C=CCOc1ccc(C(=O)OC2CCC(C3CCC(OCC=C)CC3)CC2)cc1CCC. The first-order chi connectivity index (χ1) is 15.6. The van der Waals surface area contributed by atoms with E-state index in [1.165, 1.54) is 25.7 Å². The van der Waals surface area contributed by atoms with Gasteiger partial charge in [0.05, 0.1) is 18.3 Å². The highest BCUT2D eigenvalue weighted by Gasteiger charge is 2.32. The first-order valence-electron chi connectivity index (χ1n) is 12.4. The summed E-state index contributed by atoms with van der Waals surface area (Å²) in [5, 5.41) is 0. The van der Waals surface area contributed by atoms with Crippen LogP contribution in [0.15, 0.2) is 43.5 Å². The van der Waals surface area contributed by atoms with Crippen molar-refractivity contribution in [1.82, 2.24) is 0 Å². The smallest absolute Gasteiger partial charge is 0.338 e. The van der Waals surface area contributed by atoms with Crippen LogP contribution in [0.5, 0.6) is 5.75 Å². The maximum Gasteiger partial charge on any atom is 0.338 e. The zero-order valence-corrected chi connectivity index (χ0v) is 19.7. The second-order valence-corrected chi connectivity index (χ2v) is 9.27. The lowest BCUT2D eigenvalue weighted by Gasteiger charge is -2.37. The molecule has 4 heteroatoms. The highest BCUT2D eigenvalue weighted by atomic mass is 16.5. The van der Waals surface area contributed by atoms with Crippen molar-refractivity contribution >= 4 is 5.97 Å². The van der Waals surface area contributed by atoms with E-state index in [0.29, 0.717) is 24.9 Å². The summed E-state index contributed by atoms with van der Waals surface area (Å²) in [4.78, 5) is 12.8. The molecule has 0 atom stereocenters. The van der Waals surface area contributed by atoms with Gasteiger partial charge in [-0.3, -0.25) is 0 Å². The zero-order chi connectivity index (χ0) is 22.8. The molecular weight excluding hydrogens is 400 g/mol. The maximum absolute atomic E-state index is 12.8. The third kappa shape index (κ3) is 6.96. The molecule has 32 heavy (non-hydrogen) atoms. The van der Waals surface area contributed by atoms with E-state index in [4.69, 9.17) is 14.2 Å². The van der Waals surface area contributed by atoms with Crippen LogP contribution in [0.3, 0.4) is 0 Å². The Bertz CT molecular complexity index is 740. The molecule has 0 saturated heterocycles. The van der Waals surface area contributed by atoms with E-state index in [1.54, 1.807) is 6.08 Å². The highest BCUT2D eigenvalue weighted by molar-refractivity contribution is 5.90. The Balaban J connectivity index is 1.46. The average molecular weight is 441 g/mol. The van der Waals surface area contributed by atoms with E-state index in [-0.39, 0.29) is 12.1 Å². The third-order valence-electron chi connectivity index (χ3n) is 7.00. The van der Waals surface area contributed by atoms with Crippen molar-refractivity contribution in [2.45, 2.75) is 83.3 Å². The minimum Gasteiger partial charge on any atom is -0.489 e. The van der Waals surface area contributed by atoms with Crippen LogP contribution in [0.2, 0.25) is 0 Å². The molecule has 1 aromatic carbocycles. The molecule has 0 heterocycles. The number of esters is 1. The Morgan fingerprint density at radius 1 is 0.938 bits per heavy atom. The molecule has 2 aliphatic rings. The van der Waals surface area contributed by atoms with Gasteiger partial charge in [-0.2, -0.15) is 0 Å². The summed E-state index contributed by atoms with van der Waals surface area (Å²) in [6, 6.07) is 5.64. The lowest BCUT2D eigenvalue weighted by atomic mass is 9.72. The monoisotopic (exact) mass is 440 g/mol. The quantitative estimate of drug-likeness (QED) is 0.284. The molecule has 0 radical (unpaired) electrons. The lowest BCUT2D eigenvalue weighted by Crippen LogP contribution is -2.31. The van der Waals surface area contributed by atoms with Crippen LogP contribution in [0.1, 0.15) is 80.6 Å². The zero-order valence-electron chi connectivity index (χ0n) is 19.7. The molecule has 0 N–H and O–H groups in total. The number of benzene rings is 1. The molecule has 0 amide bonds. The van der Waals surface area contributed by atoms with E-state index >= 15 is 0 Å². The van der Waals surface area contributed by atoms with Crippen LogP contribution >= 0.6 is 0 Å². The number of carbonyl (C=O) groups excluding carboxylic acids is 1. The van der Waals surface area contributed by atoms with Gasteiger partial charge in [0, 0.05) is 0 Å².